The molecule has 0 atom stereocenters. The molecule has 0 spiro atoms. The predicted octanol–water partition coefficient (Wildman–Crippen LogP) is 6.59. The molecule has 3 heterocycles. The third-order valence-corrected chi connectivity index (χ3v) is 7.59. The van der Waals surface area contributed by atoms with Crippen LogP contribution in [0.15, 0.2) is 85.3 Å². The van der Waals surface area contributed by atoms with E-state index in [0.29, 0.717) is 12.1 Å². The number of aromatic nitrogens is 3. The molecule has 1 fully saturated rings. The highest BCUT2D eigenvalue weighted by atomic mass is 19.4. The van der Waals surface area contributed by atoms with Crippen LogP contribution in [0, 0.1) is 6.92 Å². The van der Waals surface area contributed by atoms with Gasteiger partial charge in [0, 0.05) is 80.4 Å². The van der Waals surface area contributed by atoms with Crippen LogP contribution in [0.3, 0.4) is 0 Å². The molecule has 1 aliphatic rings. The van der Waals surface area contributed by atoms with Gasteiger partial charge in [-0.3, -0.25) is 19.4 Å². The average molecular weight is 589 g/mol. The summed E-state index contributed by atoms with van der Waals surface area (Å²) in [5.41, 5.74) is 4.77. The maximum Gasteiger partial charge on any atom is 0.416 e. The molecule has 2 aromatic heterocycles. The van der Waals surface area contributed by atoms with Crippen LogP contribution in [0.2, 0.25) is 0 Å². The Kier molecular flexibility index (Phi) is 9.25. The third kappa shape index (κ3) is 8.32. The van der Waals surface area contributed by atoms with Crippen molar-refractivity contribution in [3.8, 4) is 0 Å². The van der Waals surface area contributed by atoms with Crippen molar-refractivity contribution < 1.29 is 18.0 Å². The number of piperidine rings is 1. The fourth-order valence-electron chi connectivity index (χ4n) is 5.31. The zero-order chi connectivity index (χ0) is 30.4. The zero-order valence-corrected chi connectivity index (χ0v) is 24.3. The molecule has 0 bridgehead atoms. The average Bonchev–Trinajstić information content (AvgIpc) is 3.40. The van der Waals surface area contributed by atoms with E-state index in [4.69, 9.17) is 0 Å². The number of aryl methyl sites for hydroxylation is 2. The van der Waals surface area contributed by atoms with E-state index >= 15 is 0 Å². The van der Waals surface area contributed by atoms with Gasteiger partial charge in [-0.15, -0.1) is 0 Å². The van der Waals surface area contributed by atoms with Crippen LogP contribution < -0.4 is 5.32 Å². The van der Waals surface area contributed by atoms with Gasteiger partial charge in [-0.2, -0.15) is 18.3 Å². The number of nitrogens with zero attached hydrogens (tertiary/aromatic N) is 5. The van der Waals surface area contributed by atoms with Crippen molar-refractivity contribution in [2.75, 3.05) is 18.4 Å². The van der Waals surface area contributed by atoms with Crippen molar-refractivity contribution in [1.82, 2.24) is 24.6 Å². The molecule has 0 aliphatic carbocycles. The summed E-state index contributed by atoms with van der Waals surface area (Å²) in [6, 6.07) is 16.7. The highest BCUT2D eigenvalue weighted by Gasteiger charge is 2.30. The Morgan fingerprint density at radius 2 is 1.74 bits per heavy atom. The molecule has 0 radical (unpaired) electrons. The molecule has 1 amide bonds. The smallest absolute Gasteiger partial charge is 0.355 e. The van der Waals surface area contributed by atoms with Crippen LogP contribution in [0.1, 0.15) is 40.8 Å². The third-order valence-electron chi connectivity index (χ3n) is 7.59. The first kappa shape index (κ1) is 30.0. The van der Waals surface area contributed by atoms with Crippen molar-refractivity contribution >= 4 is 23.4 Å². The second-order valence-corrected chi connectivity index (χ2v) is 11.0. The van der Waals surface area contributed by atoms with Gasteiger partial charge in [0.15, 0.2) is 0 Å². The normalized spacial score (nSPS) is 14.7. The number of carbonyl (C=O) groups excluding carboxylic acids is 1. The molecule has 224 valence electrons. The lowest BCUT2D eigenvalue weighted by atomic mass is 10.0. The number of rotatable bonds is 9. The lowest BCUT2D eigenvalue weighted by Gasteiger charge is -2.38. The standard InChI is InChI=1S/C33H35F3N6O/c1-24-19-30(13-16-37-24)39-29-10-5-26(6-11-29)23-42(31-14-17-41(18-15-31)22-27-20-38-40(2)21-27)32(43)12-7-25-3-8-28(9-4-25)33(34,35)36/h3-13,16,19-21,31H,14-15,17-18,22-23H2,1-2H3,(H,37,39). The molecule has 1 aliphatic heterocycles. The summed E-state index contributed by atoms with van der Waals surface area (Å²) in [7, 11) is 1.90. The molecule has 1 saturated heterocycles. The molecule has 2 aromatic carbocycles. The van der Waals surface area contributed by atoms with Crippen molar-refractivity contribution in [2.24, 2.45) is 7.05 Å². The minimum atomic E-state index is -4.40. The fourth-order valence-corrected chi connectivity index (χ4v) is 5.31. The van der Waals surface area contributed by atoms with Gasteiger partial charge in [0.1, 0.15) is 0 Å². The van der Waals surface area contributed by atoms with Crippen LogP contribution in [0.5, 0.6) is 0 Å². The minimum absolute atomic E-state index is 0.0347. The van der Waals surface area contributed by atoms with Gasteiger partial charge < -0.3 is 10.2 Å². The Balaban J connectivity index is 1.28. The van der Waals surface area contributed by atoms with Crippen molar-refractivity contribution in [1.29, 1.82) is 0 Å². The number of nitrogens with one attached hydrogen (secondary N) is 1. The summed E-state index contributed by atoms with van der Waals surface area (Å²) < 4.78 is 40.7. The maximum absolute atomic E-state index is 13.6. The summed E-state index contributed by atoms with van der Waals surface area (Å²) >= 11 is 0. The number of likely N-dealkylation sites (tertiary alicyclic amines) is 1. The van der Waals surface area contributed by atoms with Crippen LogP contribution >= 0.6 is 0 Å². The van der Waals surface area contributed by atoms with Crippen LogP contribution in [-0.4, -0.2) is 49.6 Å². The van der Waals surface area contributed by atoms with E-state index in [9.17, 15) is 18.0 Å². The van der Waals surface area contributed by atoms with Gasteiger partial charge >= 0.3 is 6.18 Å². The lowest BCUT2D eigenvalue weighted by Crippen LogP contribution is -2.46. The van der Waals surface area contributed by atoms with Gasteiger partial charge in [-0.05, 0) is 73.4 Å². The molecule has 1 N–H and O–H groups in total. The molecule has 0 unspecified atom stereocenters. The first-order valence-electron chi connectivity index (χ1n) is 14.3. The van der Waals surface area contributed by atoms with Gasteiger partial charge in [-0.1, -0.05) is 24.3 Å². The molecule has 0 saturated carbocycles. The number of hydrogen-bond donors (Lipinski definition) is 1. The second-order valence-electron chi connectivity index (χ2n) is 11.0. The summed E-state index contributed by atoms with van der Waals surface area (Å²) in [6.07, 6.45) is 5.94. The van der Waals surface area contributed by atoms with Gasteiger partial charge in [0.05, 0.1) is 11.8 Å². The van der Waals surface area contributed by atoms with Crippen molar-refractivity contribution in [3.05, 3.63) is 113 Å². The van der Waals surface area contributed by atoms with E-state index in [1.807, 2.05) is 67.7 Å². The minimum Gasteiger partial charge on any atom is -0.355 e. The second kappa shape index (κ2) is 13.2. The Labute approximate surface area is 249 Å². The van der Waals surface area contributed by atoms with Crippen molar-refractivity contribution in [3.63, 3.8) is 0 Å². The first-order chi connectivity index (χ1) is 20.6. The molecule has 5 rings (SSSR count). The number of halogens is 3. The molecule has 7 nitrogen and oxygen atoms in total. The Morgan fingerprint density at radius 3 is 2.37 bits per heavy atom. The van der Waals surface area contributed by atoms with Crippen LogP contribution in [-0.2, 0) is 31.1 Å². The fraction of sp³-hybridized carbons (Fsp3) is 0.303. The summed E-state index contributed by atoms with van der Waals surface area (Å²) in [5, 5.41) is 7.63. The van der Waals surface area contributed by atoms with E-state index in [2.05, 4.69) is 20.3 Å². The predicted molar refractivity (Wildman–Crippen MR) is 161 cm³/mol. The largest absolute Gasteiger partial charge is 0.416 e. The summed E-state index contributed by atoms with van der Waals surface area (Å²) in [4.78, 5) is 22.1. The highest BCUT2D eigenvalue weighted by Crippen LogP contribution is 2.29. The maximum atomic E-state index is 13.6. The Hall–Kier alpha value is -4.44. The number of hydrogen-bond acceptors (Lipinski definition) is 5. The van der Waals surface area contributed by atoms with E-state index in [1.165, 1.54) is 18.2 Å². The van der Waals surface area contributed by atoms with Crippen molar-refractivity contribution in [2.45, 2.75) is 45.1 Å². The van der Waals surface area contributed by atoms with E-state index in [0.717, 1.165) is 72.8 Å². The molecule has 10 heteroatoms. The zero-order valence-electron chi connectivity index (χ0n) is 24.3. The highest BCUT2D eigenvalue weighted by molar-refractivity contribution is 5.92. The Bertz CT molecular complexity index is 1540. The summed E-state index contributed by atoms with van der Waals surface area (Å²) in [6.45, 7) is 4.88. The van der Waals surface area contributed by atoms with Gasteiger partial charge in [0.2, 0.25) is 5.91 Å². The number of alkyl halides is 3. The quantitative estimate of drug-likeness (QED) is 0.224. The Morgan fingerprint density at radius 1 is 1.02 bits per heavy atom. The number of pyridine rings is 1. The summed E-state index contributed by atoms with van der Waals surface area (Å²) in [5.74, 6) is -0.167. The SMILES string of the molecule is Cc1cc(Nc2ccc(CN(C(=O)C=Cc3ccc(C(F)(F)F)cc3)C3CCN(Cc4cnn(C)c4)CC3)cc2)ccn1. The number of anilines is 2. The van der Waals surface area contributed by atoms with Crippen LogP contribution in [0.25, 0.3) is 6.08 Å². The molecule has 43 heavy (non-hydrogen) atoms. The molecule has 4 aromatic rings. The van der Waals surface area contributed by atoms with E-state index in [1.54, 1.807) is 17.0 Å². The van der Waals surface area contributed by atoms with Gasteiger partial charge in [0.25, 0.3) is 0 Å². The molecular weight excluding hydrogens is 553 g/mol. The number of benzene rings is 2. The number of carbonyl (C=O) groups is 1. The van der Waals surface area contributed by atoms with E-state index in [-0.39, 0.29) is 11.9 Å². The first-order valence-corrected chi connectivity index (χ1v) is 14.3. The van der Waals surface area contributed by atoms with Gasteiger partial charge in [-0.25, -0.2) is 0 Å². The lowest BCUT2D eigenvalue weighted by molar-refractivity contribution is -0.137. The monoisotopic (exact) mass is 588 g/mol. The van der Waals surface area contributed by atoms with Crippen LogP contribution in [0.4, 0.5) is 24.5 Å². The molecular formula is C33H35F3N6O. The van der Waals surface area contributed by atoms with E-state index < -0.39 is 11.7 Å². The topological polar surface area (TPSA) is 66.3 Å². The number of amides is 1.